The number of rotatable bonds is 11. The summed E-state index contributed by atoms with van der Waals surface area (Å²) in [5.74, 6) is 1.53. The van der Waals surface area contributed by atoms with E-state index in [0.717, 1.165) is 53.4 Å². The second-order valence-electron chi connectivity index (χ2n) is 4.46. The minimum absolute atomic E-state index is 0.00361. The van der Waals surface area contributed by atoms with E-state index < -0.39 is 0 Å². The quantitative estimate of drug-likeness (QED) is 0.437. The third-order valence-corrected chi connectivity index (χ3v) is 3.84. The van der Waals surface area contributed by atoms with Crippen LogP contribution in [-0.2, 0) is 6.61 Å². The smallest absolute Gasteiger partial charge is 0.123 e. The van der Waals surface area contributed by atoms with Crippen LogP contribution in [0, 0.1) is 0 Å². The molecule has 0 bridgehead atoms. The highest BCUT2D eigenvalue weighted by atomic mass is 79.9. The first kappa shape index (κ1) is 17.8. The molecule has 0 saturated carbocycles. The molecule has 0 fully saturated rings. The number of ether oxygens (including phenoxy) is 2. The number of aliphatic hydroxyl groups is 1. The predicted octanol–water partition coefficient (Wildman–Crippen LogP) is 4.29. The fourth-order valence-corrected chi connectivity index (χ4v) is 2.45. The molecule has 5 heteroatoms. The first-order chi connectivity index (χ1) is 9.80. The standard InChI is InChI=1S/C15H22Br2O3/c16-5-1-3-7-19-14-9-13(12-18)10-15(11-14)20-8-4-2-6-17/h9-11,18H,1-8,12H2. The van der Waals surface area contributed by atoms with Crippen LogP contribution in [0.1, 0.15) is 31.2 Å². The Morgan fingerprint density at radius 2 is 1.30 bits per heavy atom. The Balaban J connectivity index is 2.51. The fourth-order valence-electron chi connectivity index (χ4n) is 1.66. The molecule has 0 saturated heterocycles. The molecule has 0 heterocycles. The molecule has 0 radical (unpaired) electrons. The number of benzene rings is 1. The van der Waals surface area contributed by atoms with Gasteiger partial charge in [0.25, 0.3) is 0 Å². The van der Waals surface area contributed by atoms with Crippen molar-refractivity contribution in [3.8, 4) is 11.5 Å². The summed E-state index contributed by atoms with van der Waals surface area (Å²) in [4.78, 5) is 0. The van der Waals surface area contributed by atoms with Crippen molar-refractivity contribution in [2.75, 3.05) is 23.9 Å². The molecule has 1 rings (SSSR count). The normalized spacial score (nSPS) is 10.6. The molecule has 0 atom stereocenters. The lowest BCUT2D eigenvalue weighted by Gasteiger charge is -2.11. The predicted molar refractivity (Wildman–Crippen MR) is 89.4 cm³/mol. The van der Waals surface area contributed by atoms with Crippen LogP contribution in [0.25, 0.3) is 0 Å². The van der Waals surface area contributed by atoms with E-state index in [9.17, 15) is 5.11 Å². The monoisotopic (exact) mass is 408 g/mol. The van der Waals surface area contributed by atoms with Gasteiger partial charge in [0.15, 0.2) is 0 Å². The van der Waals surface area contributed by atoms with Crippen LogP contribution in [0.4, 0.5) is 0 Å². The Labute approximate surface area is 137 Å². The molecule has 1 aromatic carbocycles. The van der Waals surface area contributed by atoms with Crippen LogP contribution in [0.2, 0.25) is 0 Å². The third-order valence-electron chi connectivity index (χ3n) is 2.72. The lowest BCUT2D eigenvalue weighted by Crippen LogP contribution is -2.01. The number of unbranched alkanes of at least 4 members (excludes halogenated alkanes) is 2. The first-order valence-electron chi connectivity index (χ1n) is 6.92. The van der Waals surface area contributed by atoms with E-state index in [1.165, 1.54) is 0 Å². The molecule has 0 aromatic heterocycles. The molecule has 1 N–H and O–H groups in total. The molecule has 0 unspecified atom stereocenters. The van der Waals surface area contributed by atoms with E-state index in [0.29, 0.717) is 13.2 Å². The average Bonchev–Trinajstić information content (AvgIpc) is 2.48. The second kappa shape index (κ2) is 11.4. The van der Waals surface area contributed by atoms with Gasteiger partial charge in [-0.3, -0.25) is 0 Å². The van der Waals surface area contributed by atoms with E-state index in [2.05, 4.69) is 31.9 Å². The highest BCUT2D eigenvalue weighted by molar-refractivity contribution is 9.09. The second-order valence-corrected chi connectivity index (χ2v) is 6.05. The molecule has 0 aliphatic carbocycles. The van der Waals surface area contributed by atoms with Crippen molar-refractivity contribution in [2.24, 2.45) is 0 Å². The number of halogens is 2. The maximum absolute atomic E-state index is 9.28. The summed E-state index contributed by atoms with van der Waals surface area (Å²) >= 11 is 6.80. The van der Waals surface area contributed by atoms with E-state index >= 15 is 0 Å². The fraction of sp³-hybridized carbons (Fsp3) is 0.600. The van der Waals surface area contributed by atoms with Crippen LogP contribution in [0.3, 0.4) is 0 Å². The van der Waals surface area contributed by atoms with Gasteiger partial charge in [0.1, 0.15) is 11.5 Å². The third kappa shape index (κ3) is 7.50. The molecule has 20 heavy (non-hydrogen) atoms. The minimum Gasteiger partial charge on any atom is -0.493 e. The van der Waals surface area contributed by atoms with Crippen molar-refractivity contribution >= 4 is 31.9 Å². The summed E-state index contributed by atoms with van der Waals surface area (Å²) in [6, 6.07) is 5.61. The maximum Gasteiger partial charge on any atom is 0.123 e. The molecule has 1 aromatic rings. The van der Waals surface area contributed by atoms with Gasteiger partial charge < -0.3 is 14.6 Å². The summed E-state index contributed by atoms with van der Waals surface area (Å²) in [6.07, 6.45) is 4.21. The molecule has 0 aliphatic heterocycles. The Morgan fingerprint density at radius 1 is 0.800 bits per heavy atom. The molecule has 114 valence electrons. The average molecular weight is 410 g/mol. The van der Waals surface area contributed by atoms with Gasteiger partial charge in [-0.2, -0.15) is 0 Å². The number of hydrogen-bond acceptors (Lipinski definition) is 3. The van der Waals surface area contributed by atoms with Gasteiger partial charge in [-0.25, -0.2) is 0 Å². The van der Waals surface area contributed by atoms with E-state index in [4.69, 9.17) is 9.47 Å². The van der Waals surface area contributed by atoms with Crippen molar-refractivity contribution in [2.45, 2.75) is 32.3 Å². The maximum atomic E-state index is 9.28. The Kier molecular flexibility index (Phi) is 10.1. The number of aliphatic hydroxyl groups excluding tert-OH is 1. The number of alkyl halides is 2. The highest BCUT2D eigenvalue weighted by Gasteiger charge is 2.03. The zero-order valence-electron chi connectivity index (χ0n) is 11.6. The topological polar surface area (TPSA) is 38.7 Å². The number of hydrogen-bond donors (Lipinski definition) is 1. The van der Waals surface area contributed by atoms with Crippen molar-refractivity contribution in [3.05, 3.63) is 23.8 Å². The minimum atomic E-state index is -0.00361. The first-order valence-corrected chi connectivity index (χ1v) is 9.16. The Morgan fingerprint density at radius 3 is 1.70 bits per heavy atom. The van der Waals surface area contributed by atoms with Gasteiger partial charge >= 0.3 is 0 Å². The van der Waals surface area contributed by atoms with Gasteiger partial charge in [-0.05, 0) is 43.4 Å². The van der Waals surface area contributed by atoms with Gasteiger partial charge in [-0.15, -0.1) is 0 Å². The highest BCUT2D eigenvalue weighted by Crippen LogP contribution is 2.23. The lowest BCUT2D eigenvalue weighted by atomic mass is 10.2. The van der Waals surface area contributed by atoms with E-state index in [-0.39, 0.29) is 6.61 Å². The van der Waals surface area contributed by atoms with Crippen LogP contribution in [0.5, 0.6) is 11.5 Å². The van der Waals surface area contributed by atoms with Crippen molar-refractivity contribution < 1.29 is 14.6 Å². The van der Waals surface area contributed by atoms with Crippen LogP contribution >= 0.6 is 31.9 Å². The summed E-state index contributed by atoms with van der Waals surface area (Å²) < 4.78 is 11.4. The summed E-state index contributed by atoms with van der Waals surface area (Å²) in [7, 11) is 0. The van der Waals surface area contributed by atoms with Gasteiger partial charge in [0, 0.05) is 16.7 Å². The zero-order valence-corrected chi connectivity index (χ0v) is 14.8. The molecular formula is C15H22Br2O3. The van der Waals surface area contributed by atoms with Crippen LogP contribution in [0.15, 0.2) is 18.2 Å². The van der Waals surface area contributed by atoms with E-state index in [1.807, 2.05) is 18.2 Å². The Bertz CT molecular complexity index is 342. The zero-order chi connectivity index (χ0) is 14.6. The van der Waals surface area contributed by atoms with Gasteiger partial charge in [0.2, 0.25) is 0 Å². The van der Waals surface area contributed by atoms with Crippen molar-refractivity contribution in [1.29, 1.82) is 0 Å². The SMILES string of the molecule is OCc1cc(OCCCCBr)cc(OCCCCBr)c1. The van der Waals surface area contributed by atoms with Crippen molar-refractivity contribution in [3.63, 3.8) is 0 Å². The summed E-state index contributed by atoms with van der Waals surface area (Å²) in [5, 5.41) is 11.3. The van der Waals surface area contributed by atoms with Gasteiger partial charge in [0.05, 0.1) is 19.8 Å². The van der Waals surface area contributed by atoms with Crippen LogP contribution < -0.4 is 9.47 Å². The Hall–Kier alpha value is -0.260. The molecule has 0 amide bonds. The van der Waals surface area contributed by atoms with Crippen molar-refractivity contribution in [1.82, 2.24) is 0 Å². The summed E-state index contributed by atoms with van der Waals surface area (Å²) in [6.45, 7) is 1.36. The molecule has 0 spiro atoms. The van der Waals surface area contributed by atoms with E-state index in [1.54, 1.807) is 0 Å². The molecule has 0 aliphatic rings. The molecular weight excluding hydrogens is 388 g/mol. The largest absolute Gasteiger partial charge is 0.493 e. The van der Waals surface area contributed by atoms with Gasteiger partial charge in [-0.1, -0.05) is 31.9 Å². The molecule has 3 nitrogen and oxygen atoms in total. The van der Waals surface area contributed by atoms with Crippen LogP contribution in [-0.4, -0.2) is 29.0 Å². The lowest BCUT2D eigenvalue weighted by molar-refractivity contribution is 0.272. The summed E-state index contributed by atoms with van der Waals surface area (Å²) in [5.41, 5.74) is 0.818.